The molecule has 18 heavy (non-hydrogen) atoms. The van der Waals surface area contributed by atoms with E-state index in [1.165, 1.54) is 12.1 Å². The standard InChI is InChI=1S/C11H14BrCl2NO2S/c1-6(2)7(3)15-18(16,17)11-9(13)4-8(12)5-10(11)14/h4-7,15H,1-3H3/t7-/m0/s1. The van der Waals surface area contributed by atoms with Crippen LogP contribution in [-0.2, 0) is 10.0 Å². The predicted molar refractivity (Wildman–Crippen MR) is 78.8 cm³/mol. The van der Waals surface area contributed by atoms with Crippen LogP contribution >= 0.6 is 39.1 Å². The van der Waals surface area contributed by atoms with Gasteiger partial charge in [-0.25, -0.2) is 13.1 Å². The monoisotopic (exact) mass is 373 g/mol. The van der Waals surface area contributed by atoms with Crippen LogP contribution in [0, 0.1) is 5.92 Å². The highest BCUT2D eigenvalue weighted by molar-refractivity contribution is 9.10. The first-order valence-electron chi connectivity index (χ1n) is 5.32. The molecule has 0 aliphatic carbocycles. The van der Waals surface area contributed by atoms with E-state index in [1.54, 1.807) is 6.92 Å². The van der Waals surface area contributed by atoms with Gasteiger partial charge in [0.2, 0.25) is 10.0 Å². The minimum Gasteiger partial charge on any atom is -0.208 e. The molecule has 1 rings (SSSR count). The van der Waals surface area contributed by atoms with Crippen molar-refractivity contribution in [3.8, 4) is 0 Å². The lowest BCUT2D eigenvalue weighted by molar-refractivity contribution is 0.476. The van der Waals surface area contributed by atoms with E-state index in [2.05, 4.69) is 20.7 Å². The first kappa shape index (κ1) is 16.2. The van der Waals surface area contributed by atoms with E-state index in [0.29, 0.717) is 4.47 Å². The number of halogens is 3. The molecule has 3 nitrogen and oxygen atoms in total. The maximum absolute atomic E-state index is 12.2. The number of sulfonamides is 1. The zero-order valence-corrected chi connectivity index (χ0v) is 14.1. The van der Waals surface area contributed by atoms with E-state index in [1.807, 2.05) is 13.8 Å². The van der Waals surface area contributed by atoms with Gasteiger partial charge in [-0.2, -0.15) is 0 Å². The summed E-state index contributed by atoms with van der Waals surface area (Å²) in [7, 11) is -3.72. The molecule has 7 heteroatoms. The van der Waals surface area contributed by atoms with E-state index < -0.39 is 10.0 Å². The van der Waals surface area contributed by atoms with Crippen molar-refractivity contribution in [2.75, 3.05) is 0 Å². The van der Waals surface area contributed by atoms with Gasteiger partial charge in [0.1, 0.15) is 4.90 Å². The molecule has 1 aromatic rings. The number of rotatable bonds is 4. The molecular formula is C11H14BrCl2NO2S. The quantitative estimate of drug-likeness (QED) is 0.862. The van der Waals surface area contributed by atoms with Gasteiger partial charge in [0.05, 0.1) is 10.0 Å². The minimum absolute atomic E-state index is 0.0819. The number of nitrogens with one attached hydrogen (secondary N) is 1. The van der Waals surface area contributed by atoms with Gasteiger partial charge in [-0.15, -0.1) is 0 Å². The van der Waals surface area contributed by atoms with Crippen molar-refractivity contribution in [1.29, 1.82) is 0 Å². The first-order valence-corrected chi connectivity index (χ1v) is 8.35. The fourth-order valence-electron chi connectivity index (χ4n) is 1.23. The van der Waals surface area contributed by atoms with Crippen molar-refractivity contribution in [1.82, 2.24) is 4.72 Å². The zero-order valence-electron chi connectivity index (χ0n) is 10.2. The van der Waals surface area contributed by atoms with Crippen LogP contribution in [0.1, 0.15) is 20.8 Å². The van der Waals surface area contributed by atoms with Crippen LogP contribution in [0.3, 0.4) is 0 Å². The van der Waals surface area contributed by atoms with Crippen LogP contribution < -0.4 is 4.72 Å². The van der Waals surface area contributed by atoms with Gasteiger partial charge in [-0.05, 0) is 25.0 Å². The highest BCUT2D eigenvalue weighted by Crippen LogP contribution is 2.32. The van der Waals surface area contributed by atoms with Crippen molar-refractivity contribution in [2.45, 2.75) is 31.7 Å². The summed E-state index contributed by atoms with van der Waals surface area (Å²) in [5, 5.41) is 0.190. The van der Waals surface area contributed by atoms with Crippen LogP contribution in [0.4, 0.5) is 0 Å². The molecule has 0 unspecified atom stereocenters. The lowest BCUT2D eigenvalue weighted by Gasteiger charge is -2.18. The van der Waals surface area contributed by atoms with E-state index >= 15 is 0 Å². The normalized spacial score (nSPS) is 13.9. The predicted octanol–water partition coefficient (Wildman–Crippen LogP) is 4.08. The summed E-state index contributed by atoms with van der Waals surface area (Å²) >= 11 is 15.1. The molecule has 0 saturated heterocycles. The third kappa shape index (κ3) is 3.84. The third-order valence-corrected chi connectivity index (χ3v) is 5.51. The molecule has 0 bridgehead atoms. The van der Waals surface area contributed by atoms with Crippen LogP contribution in [0.2, 0.25) is 10.0 Å². The second kappa shape index (κ2) is 6.09. The average molecular weight is 375 g/mol. The Balaban J connectivity index is 3.21. The van der Waals surface area contributed by atoms with Crippen LogP contribution in [0.5, 0.6) is 0 Å². The Bertz CT molecular complexity index is 523. The van der Waals surface area contributed by atoms with Crippen molar-refractivity contribution in [3.63, 3.8) is 0 Å². The Hall–Kier alpha value is 0.190. The number of hydrogen-bond donors (Lipinski definition) is 1. The van der Waals surface area contributed by atoms with Gasteiger partial charge in [0.25, 0.3) is 0 Å². The lowest BCUT2D eigenvalue weighted by Crippen LogP contribution is -2.36. The molecule has 1 aromatic carbocycles. The van der Waals surface area contributed by atoms with Gasteiger partial charge in [0, 0.05) is 10.5 Å². The molecule has 0 amide bonds. The fraction of sp³-hybridized carbons (Fsp3) is 0.455. The molecule has 1 atom stereocenters. The minimum atomic E-state index is -3.72. The summed E-state index contributed by atoms with van der Waals surface area (Å²) in [6.07, 6.45) is 0. The maximum Gasteiger partial charge on any atom is 0.243 e. The maximum atomic E-state index is 12.2. The van der Waals surface area contributed by atoms with E-state index in [9.17, 15) is 8.42 Å². The second-order valence-electron chi connectivity index (χ2n) is 4.35. The molecule has 0 radical (unpaired) electrons. The molecule has 102 valence electrons. The average Bonchev–Trinajstić information content (AvgIpc) is 2.13. The Morgan fingerprint density at radius 1 is 1.17 bits per heavy atom. The summed E-state index contributed by atoms with van der Waals surface area (Å²) < 4.78 is 27.6. The Morgan fingerprint density at radius 3 is 2.00 bits per heavy atom. The molecule has 0 aliphatic rings. The highest BCUT2D eigenvalue weighted by atomic mass is 79.9. The molecular weight excluding hydrogens is 361 g/mol. The van der Waals surface area contributed by atoms with E-state index in [0.717, 1.165) is 0 Å². The van der Waals surface area contributed by atoms with Gasteiger partial charge in [-0.1, -0.05) is 53.0 Å². The fourth-order valence-corrected chi connectivity index (χ4v) is 4.55. The molecule has 0 saturated carbocycles. The van der Waals surface area contributed by atoms with Crippen molar-refractivity contribution in [2.24, 2.45) is 5.92 Å². The Kier molecular flexibility index (Phi) is 5.50. The largest absolute Gasteiger partial charge is 0.243 e. The smallest absolute Gasteiger partial charge is 0.208 e. The number of benzene rings is 1. The summed E-state index contributed by atoms with van der Waals surface area (Å²) in [4.78, 5) is -0.0819. The van der Waals surface area contributed by atoms with Gasteiger partial charge < -0.3 is 0 Å². The summed E-state index contributed by atoms with van der Waals surface area (Å²) in [6.45, 7) is 5.65. The molecule has 0 heterocycles. The molecule has 0 aliphatic heterocycles. The second-order valence-corrected chi connectivity index (χ2v) is 7.73. The first-order chi connectivity index (χ1) is 8.15. The SMILES string of the molecule is CC(C)[C@H](C)NS(=O)(=O)c1c(Cl)cc(Br)cc1Cl. The van der Waals surface area contributed by atoms with Gasteiger partial charge in [0.15, 0.2) is 0 Å². The summed E-state index contributed by atoms with van der Waals surface area (Å²) in [5.74, 6) is 0.174. The van der Waals surface area contributed by atoms with Crippen molar-refractivity contribution < 1.29 is 8.42 Å². The Morgan fingerprint density at radius 2 is 1.61 bits per heavy atom. The van der Waals surface area contributed by atoms with Crippen molar-refractivity contribution in [3.05, 3.63) is 26.7 Å². The van der Waals surface area contributed by atoms with Crippen molar-refractivity contribution >= 4 is 49.2 Å². The van der Waals surface area contributed by atoms with Crippen LogP contribution in [-0.4, -0.2) is 14.5 Å². The van der Waals surface area contributed by atoms with E-state index in [4.69, 9.17) is 23.2 Å². The zero-order chi connectivity index (χ0) is 14.1. The third-order valence-electron chi connectivity index (χ3n) is 2.57. The molecule has 0 spiro atoms. The topological polar surface area (TPSA) is 46.2 Å². The van der Waals surface area contributed by atoms with E-state index in [-0.39, 0.29) is 26.9 Å². The summed E-state index contributed by atoms with van der Waals surface area (Å²) in [6, 6.07) is 2.80. The summed E-state index contributed by atoms with van der Waals surface area (Å²) in [5.41, 5.74) is 0. The number of hydrogen-bond acceptors (Lipinski definition) is 2. The Labute approximate surface area is 126 Å². The molecule has 1 N–H and O–H groups in total. The lowest BCUT2D eigenvalue weighted by atomic mass is 10.1. The molecule has 0 fully saturated rings. The van der Waals surface area contributed by atoms with Crippen LogP contribution in [0.25, 0.3) is 0 Å². The van der Waals surface area contributed by atoms with Crippen LogP contribution in [0.15, 0.2) is 21.5 Å². The molecule has 0 aromatic heterocycles. The van der Waals surface area contributed by atoms with Gasteiger partial charge >= 0.3 is 0 Å². The van der Waals surface area contributed by atoms with Gasteiger partial charge in [-0.3, -0.25) is 0 Å². The highest BCUT2D eigenvalue weighted by Gasteiger charge is 2.25.